The quantitative estimate of drug-likeness (QED) is 0.259. The standard InChI is InChI=1S/C30H31N3O3/c1-3-4-6-13-32-29-25-18-33-14-11-20-15-27-28(36-19-35-27)17-23(20)30(33)24(16-21-8-5-7-12-31-21)22(25)9-10-26(29)34-2/h5,7-10,12,15,17-18H,3-4,6,11,13-14,16,19H2,1-2H3/p+1. The Morgan fingerprint density at radius 2 is 1.94 bits per heavy atom. The normalized spacial score (nSPS) is 13.4. The fourth-order valence-corrected chi connectivity index (χ4v) is 5.47. The molecule has 0 atom stereocenters. The van der Waals surface area contributed by atoms with Gasteiger partial charge in [-0.1, -0.05) is 25.8 Å². The van der Waals surface area contributed by atoms with E-state index in [0.29, 0.717) is 0 Å². The van der Waals surface area contributed by atoms with Gasteiger partial charge in [0, 0.05) is 42.2 Å². The van der Waals surface area contributed by atoms with Crippen LogP contribution in [-0.2, 0) is 19.4 Å². The van der Waals surface area contributed by atoms with Gasteiger partial charge in [-0.05, 0) is 48.4 Å². The summed E-state index contributed by atoms with van der Waals surface area (Å²) < 4.78 is 19.7. The van der Waals surface area contributed by atoms with Crippen molar-refractivity contribution in [2.24, 2.45) is 0 Å². The molecule has 0 saturated carbocycles. The molecule has 1 N–H and O–H groups in total. The Hall–Kier alpha value is -3.80. The summed E-state index contributed by atoms with van der Waals surface area (Å²) in [5, 5.41) is 6.11. The molecule has 36 heavy (non-hydrogen) atoms. The molecule has 0 aliphatic carbocycles. The van der Waals surface area contributed by atoms with Crippen molar-refractivity contribution in [3.63, 3.8) is 0 Å². The Morgan fingerprint density at radius 3 is 2.75 bits per heavy atom. The topological polar surface area (TPSA) is 56.5 Å². The van der Waals surface area contributed by atoms with Gasteiger partial charge in [0.1, 0.15) is 5.75 Å². The molecule has 6 heteroatoms. The zero-order valence-corrected chi connectivity index (χ0v) is 21.0. The van der Waals surface area contributed by atoms with Crippen LogP contribution >= 0.6 is 0 Å². The van der Waals surface area contributed by atoms with E-state index in [-0.39, 0.29) is 6.79 Å². The van der Waals surface area contributed by atoms with Crippen LogP contribution in [0.4, 0.5) is 5.69 Å². The molecule has 0 unspecified atom stereocenters. The summed E-state index contributed by atoms with van der Waals surface area (Å²) in [5.41, 5.74) is 7.13. The summed E-state index contributed by atoms with van der Waals surface area (Å²) >= 11 is 0. The SMILES string of the molecule is CCCCCNc1c(OC)ccc2c(Cc3ccccn3)c3[n+](cc12)CCc1cc2c(cc1-3)OCO2. The van der Waals surface area contributed by atoms with E-state index in [1.54, 1.807) is 7.11 Å². The maximum Gasteiger partial charge on any atom is 0.231 e. The number of hydrogen-bond acceptors (Lipinski definition) is 5. The molecule has 2 aromatic carbocycles. The number of nitrogens with one attached hydrogen (secondary N) is 1. The zero-order chi connectivity index (χ0) is 24.5. The lowest BCUT2D eigenvalue weighted by Gasteiger charge is -2.21. The number of anilines is 1. The Kier molecular flexibility index (Phi) is 6.09. The third kappa shape index (κ3) is 4.00. The van der Waals surface area contributed by atoms with Gasteiger partial charge in [-0.2, -0.15) is 4.57 Å². The van der Waals surface area contributed by atoms with Crippen LogP contribution < -0.4 is 24.1 Å². The van der Waals surface area contributed by atoms with Crippen molar-refractivity contribution in [2.45, 2.75) is 45.6 Å². The van der Waals surface area contributed by atoms with Crippen molar-refractivity contribution in [1.29, 1.82) is 0 Å². The van der Waals surface area contributed by atoms with Crippen molar-refractivity contribution in [3.8, 4) is 28.5 Å². The molecule has 0 fully saturated rings. The van der Waals surface area contributed by atoms with E-state index in [1.165, 1.54) is 46.0 Å². The van der Waals surface area contributed by atoms with Gasteiger partial charge in [0.25, 0.3) is 0 Å². The summed E-state index contributed by atoms with van der Waals surface area (Å²) in [7, 11) is 1.75. The van der Waals surface area contributed by atoms with E-state index in [4.69, 9.17) is 14.2 Å². The van der Waals surface area contributed by atoms with Gasteiger partial charge in [-0.3, -0.25) is 4.98 Å². The number of ether oxygens (including phenoxy) is 3. The average Bonchev–Trinajstić information content (AvgIpc) is 3.37. The van der Waals surface area contributed by atoms with E-state index in [1.807, 2.05) is 12.3 Å². The van der Waals surface area contributed by atoms with Gasteiger partial charge in [0.2, 0.25) is 12.5 Å². The minimum absolute atomic E-state index is 0.281. The third-order valence-corrected chi connectivity index (χ3v) is 7.25. The fraction of sp³-hybridized carbons (Fsp3) is 0.333. The molecule has 0 radical (unpaired) electrons. The van der Waals surface area contributed by atoms with Crippen molar-refractivity contribution in [1.82, 2.24) is 4.98 Å². The smallest absolute Gasteiger partial charge is 0.231 e. The van der Waals surface area contributed by atoms with Crippen molar-refractivity contribution in [3.05, 3.63) is 71.7 Å². The molecule has 184 valence electrons. The molecule has 6 nitrogen and oxygen atoms in total. The van der Waals surface area contributed by atoms with Crippen LogP contribution in [0.2, 0.25) is 0 Å². The maximum atomic E-state index is 5.80. The van der Waals surface area contributed by atoms with Gasteiger partial charge in [0.05, 0.1) is 23.7 Å². The first kappa shape index (κ1) is 22.7. The Morgan fingerprint density at radius 1 is 1.06 bits per heavy atom. The van der Waals surface area contributed by atoms with E-state index in [0.717, 1.165) is 61.0 Å². The van der Waals surface area contributed by atoms with Crippen LogP contribution in [0, 0.1) is 0 Å². The predicted octanol–water partition coefficient (Wildman–Crippen LogP) is 5.68. The number of nitrogens with zero attached hydrogens (tertiary/aromatic N) is 2. The number of unbranched alkanes of at least 4 members (excludes halogenated alkanes) is 2. The number of benzene rings is 2. The van der Waals surface area contributed by atoms with Gasteiger partial charge >= 0.3 is 0 Å². The highest BCUT2D eigenvalue weighted by molar-refractivity contribution is 6.00. The van der Waals surface area contributed by atoms with E-state index < -0.39 is 0 Å². The molecule has 2 aromatic heterocycles. The molecule has 0 bridgehead atoms. The molecule has 4 heterocycles. The Labute approximate surface area is 211 Å². The lowest BCUT2D eigenvalue weighted by Crippen LogP contribution is -2.41. The Bertz CT molecular complexity index is 1420. The Balaban J connectivity index is 1.57. The van der Waals surface area contributed by atoms with E-state index >= 15 is 0 Å². The van der Waals surface area contributed by atoms with E-state index in [2.05, 4.69) is 64.4 Å². The van der Waals surface area contributed by atoms with Crippen LogP contribution in [0.5, 0.6) is 17.2 Å². The number of aromatic nitrogens is 2. The highest BCUT2D eigenvalue weighted by Gasteiger charge is 2.32. The fourth-order valence-electron chi connectivity index (χ4n) is 5.47. The second kappa shape index (κ2) is 9.69. The summed E-state index contributed by atoms with van der Waals surface area (Å²) in [5.74, 6) is 2.54. The number of hydrogen-bond donors (Lipinski definition) is 1. The van der Waals surface area contributed by atoms with Gasteiger partial charge in [-0.25, -0.2) is 0 Å². The maximum absolute atomic E-state index is 5.80. The summed E-state index contributed by atoms with van der Waals surface area (Å²) in [6.07, 6.45) is 9.40. The monoisotopic (exact) mass is 482 g/mol. The van der Waals surface area contributed by atoms with Gasteiger partial charge in [-0.15, -0.1) is 0 Å². The van der Waals surface area contributed by atoms with Crippen LogP contribution in [0.25, 0.3) is 22.0 Å². The molecule has 0 spiro atoms. The second-order valence-corrected chi connectivity index (χ2v) is 9.50. The average molecular weight is 483 g/mol. The molecule has 2 aliphatic rings. The number of methoxy groups -OCH3 is 1. The number of pyridine rings is 2. The lowest BCUT2D eigenvalue weighted by atomic mass is 9.89. The lowest BCUT2D eigenvalue weighted by molar-refractivity contribution is -0.686. The minimum Gasteiger partial charge on any atom is -0.495 e. The first-order valence-corrected chi connectivity index (χ1v) is 12.9. The molecular formula is C30H32N3O3+. The summed E-state index contributed by atoms with van der Waals surface area (Å²) in [4.78, 5) is 4.68. The molecular weight excluding hydrogens is 450 g/mol. The first-order valence-electron chi connectivity index (χ1n) is 12.9. The zero-order valence-electron chi connectivity index (χ0n) is 21.0. The molecule has 6 rings (SSSR count). The summed E-state index contributed by atoms with van der Waals surface area (Å²) in [6, 6.07) is 14.7. The predicted molar refractivity (Wildman–Crippen MR) is 141 cm³/mol. The number of rotatable bonds is 8. The first-order chi connectivity index (χ1) is 17.8. The molecule has 2 aliphatic heterocycles. The van der Waals surface area contributed by atoms with Crippen molar-refractivity contribution in [2.75, 3.05) is 25.8 Å². The molecule has 4 aromatic rings. The van der Waals surface area contributed by atoms with Crippen molar-refractivity contribution >= 4 is 16.5 Å². The molecule has 0 amide bonds. The van der Waals surface area contributed by atoms with Crippen LogP contribution in [0.1, 0.15) is 43.0 Å². The van der Waals surface area contributed by atoms with Crippen LogP contribution in [0.15, 0.2) is 54.9 Å². The highest BCUT2D eigenvalue weighted by Crippen LogP contribution is 2.43. The third-order valence-electron chi connectivity index (χ3n) is 7.25. The molecule has 0 saturated heterocycles. The van der Waals surface area contributed by atoms with Crippen LogP contribution in [0.3, 0.4) is 0 Å². The second-order valence-electron chi connectivity index (χ2n) is 9.50. The van der Waals surface area contributed by atoms with Gasteiger partial charge in [0.15, 0.2) is 24.2 Å². The highest BCUT2D eigenvalue weighted by atomic mass is 16.7. The number of fused-ring (bicyclic) bond motifs is 5. The van der Waals surface area contributed by atoms with E-state index in [9.17, 15) is 0 Å². The van der Waals surface area contributed by atoms with Crippen LogP contribution in [-0.4, -0.2) is 25.4 Å². The van der Waals surface area contributed by atoms with Crippen molar-refractivity contribution < 1.29 is 18.8 Å². The largest absolute Gasteiger partial charge is 0.495 e. The summed E-state index contributed by atoms with van der Waals surface area (Å²) in [6.45, 7) is 4.34. The minimum atomic E-state index is 0.281. The van der Waals surface area contributed by atoms with Gasteiger partial charge < -0.3 is 19.5 Å². The number of aryl methyl sites for hydroxylation is 2.